The van der Waals surface area contributed by atoms with E-state index in [1.165, 1.54) is 77.0 Å². The van der Waals surface area contributed by atoms with E-state index >= 15 is 0 Å². The Hall–Kier alpha value is -9.37. The number of carbonyl (C=O) groups is 8. The van der Waals surface area contributed by atoms with Crippen LogP contribution in [0.1, 0.15) is 112 Å². The standard InChI is InChI=1S/C14H16ClNO.C14H16N2O.C13H15NOS.C11H13Cl2NO.C11H10F5NO.2C11H13F2NO.C9H13NOS/c1-9(17)14(16-2)8-11-4-3-10-7-12(15)5-6-13(10)11;1-10(17)14(15-2)9-12-8-7-11-5-3-4-6-13(11)16-12;1-9(15)12(14-2)7-10-8-16-13-6-4-3-5-11(10)13;1-7(15)11(14-2)6-8-3-4-9(12)10(13)5-8;1-4(18)6(17-2)3-5-7(12)9(14)11(16)10(15)8(5)13;1-7(15)11(14-2)5-8-3-9(12)6-10(13)4-8;1-7(15)11(14-2)6-8-3-4-9(12)10(13)5-8;1-7(11)9(10-2)5-8-3-4-12-6-8/h4-7,14,16H,3,8H2,1-2H3;3-8,14-15H,9H2,1-2H3;3-6,8,12,14H,7H2,1-2H3;3-5,11,14H,6H2,1-2H3;6,17H,3H2,1-2H3;3-4,6,11,14H,5H2,1-2H3;3-5,11,14H,6H2,1-2H3;3-4,6,9-10H,5H2,1-2H3/t2*14-;12-;11-;6-;2*11-;9-/m00000000/s1. The minimum Gasteiger partial charge on any atom is -0.310 e. The predicted molar refractivity (Wildman–Crippen MR) is 485 cm³/mol. The van der Waals surface area contributed by atoms with Crippen molar-refractivity contribution in [2.24, 2.45) is 0 Å². The van der Waals surface area contributed by atoms with Crippen molar-refractivity contribution in [3.05, 3.63) is 279 Å². The Bertz CT molecular complexity index is 5160. The number of halogens is 12. The van der Waals surface area contributed by atoms with E-state index in [9.17, 15) is 77.9 Å². The molecule has 31 heteroatoms. The van der Waals surface area contributed by atoms with E-state index in [1.54, 1.807) is 97.6 Å². The molecular weight excluding hydrogens is 1720 g/mol. The summed E-state index contributed by atoms with van der Waals surface area (Å²) in [6.07, 6.45) is 6.74. The number of thiophene rings is 2. The molecule has 0 aliphatic heterocycles. The topological polar surface area (TPSA) is 246 Å². The third-order valence-electron chi connectivity index (χ3n) is 20.1. The number of nitrogens with one attached hydrogen (secondary N) is 8. The van der Waals surface area contributed by atoms with Crippen LogP contribution in [0.15, 0.2) is 162 Å². The van der Waals surface area contributed by atoms with Gasteiger partial charge in [0.2, 0.25) is 5.82 Å². The number of carbonyl (C=O) groups excluding carboxylic acids is 8. The lowest BCUT2D eigenvalue weighted by molar-refractivity contribution is -0.119. The molecule has 8 N–H and O–H groups in total. The molecule has 17 nitrogen and oxygen atoms in total. The van der Waals surface area contributed by atoms with Crippen LogP contribution in [-0.2, 0) is 89.7 Å². The van der Waals surface area contributed by atoms with Crippen LogP contribution in [-0.4, -0.2) is 156 Å². The monoisotopic (exact) mass is 1830 g/mol. The Morgan fingerprint density at radius 3 is 1.31 bits per heavy atom. The number of hydrogen-bond donors (Lipinski definition) is 8. The second-order valence-corrected chi connectivity index (χ2v) is 32.1. The second-order valence-electron chi connectivity index (χ2n) is 29.2. The number of benzene rings is 7. The molecule has 0 saturated heterocycles. The zero-order valence-corrected chi connectivity index (χ0v) is 76.5. The average Bonchev–Trinajstić information content (AvgIpc) is 1.33. The number of Topliss-reactive ketones (excluding diaryl/α,β-unsaturated/α-hetero) is 8. The summed E-state index contributed by atoms with van der Waals surface area (Å²) in [6.45, 7) is 12.1. The molecule has 3 heterocycles. The van der Waals surface area contributed by atoms with Crippen LogP contribution in [0.4, 0.5) is 39.5 Å². The zero-order chi connectivity index (χ0) is 93.5. The van der Waals surface area contributed by atoms with Crippen LogP contribution >= 0.6 is 57.5 Å². The van der Waals surface area contributed by atoms with Crippen molar-refractivity contribution in [2.45, 2.75) is 162 Å². The van der Waals surface area contributed by atoms with Gasteiger partial charge in [-0.1, -0.05) is 102 Å². The van der Waals surface area contributed by atoms with Gasteiger partial charge in [0.25, 0.3) is 0 Å². The molecule has 3 aromatic heterocycles. The summed E-state index contributed by atoms with van der Waals surface area (Å²) in [5.74, 6) is -12.8. The maximum atomic E-state index is 13.3. The first-order valence-corrected chi connectivity index (χ1v) is 42.7. The number of likely N-dealkylation sites (N-methyl/N-ethyl adjacent to an activating group) is 8. The summed E-state index contributed by atoms with van der Waals surface area (Å²) in [5.41, 5.74) is 9.21. The molecule has 0 bridgehead atoms. The highest BCUT2D eigenvalue weighted by molar-refractivity contribution is 7.17. The molecule has 0 fully saturated rings. The highest BCUT2D eigenvalue weighted by Crippen LogP contribution is 2.33. The number of hydrogen-bond acceptors (Lipinski definition) is 19. The van der Waals surface area contributed by atoms with Gasteiger partial charge in [0, 0.05) is 45.3 Å². The minimum absolute atomic E-state index is 0.0257. The van der Waals surface area contributed by atoms with Gasteiger partial charge in [-0.15, -0.1) is 11.3 Å². The highest BCUT2D eigenvalue weighted by Gasteiger charge is 2.29. The van der Waals surface area contributed by atoms with Crippen molar-refractivity contribution in [1.29, 1.82) is 0 Å². The van der Waals surface area contributed by atoms with E-state index in [2.05, 4.69) is 82.6 Å². The van der Waals surface area contributed by atoms with Crippen LogP contribution in [0.5, 0.6) is 0 Å². The zero-order valence-electron chi connectivity index (χ0n) is 72.6. The maximum absolute atomic E-state index is 13.3. The molecule has 11 rings (SSSR count). The van der Waals surface area contributed by atoms with Crippen molar-refractivity contribution in [1.82, 2.24) is 47.5 Å². The van der Waals surface area contributed by atoms with Gasteiger partial charge < -0.3 is 42.5 Å². The van der Waals surface area contributed by atoms with Gasteiger partial charge in [-0.05, 0) is 296 Å². The van der Waals surface area contributed by atoms with Crippen LogP contribution in [0, 0.1) is 52.4 Å². The van der Waals surface area contributed by atoms with Crippen molar-refractivity contribution in [2.75, 3.05) is 56.4 Å². The lowest BCUT2D eigenvalue weighted by Crippen LogP contribution is -2.35. The molecule has 0 unspecified atom stereocenters. The quantitative estimate of drug-likeness (QED) is 0.0111. The highest BCUT2D eigenvalue weighted by atomic mass is 35.5. The first-order chi connectivity index (χ1) is 59.2. The number of pyridine rings is 1. The van der Waals surface area contributed by atoms with Crippen molar-refractivity contribution < 1.29 is 77.9 Å². The molecule has 125 heavy (non-hydrogen) atoms. The fourth-order valence-electron chi connectivity index (χ4n) is 12.7. The largest absolute Gasteiger partial charge is 0.310 e. The summed E-state index contributed by atoms with van der Waals surface area (Å²) < 4.78 is 118. The lowest BCUT2D eigenvalue weighted by Gasteiger charge is -2.14. The van der Waals surface area contributed by atoms with Crippen LogP contribution in [0.2, 0.25) is 15.1 Å². The number of para-hydroxylation sites is 1. The average molecular weight is 1830 g/mol. The van der Waals surface area contributed by atoms with E-state index in [0.717, 1.165) is 78.0 Å². The maximum Gasteiger partial charge on any atom is 0.200 e. The molecule has 0 amide bonds. The third-order valence-corrected chi connectivity index (χ3v) is 22.8. The van der Waals surface area contributed by atoms with Crippen LogP contribution in [0.25, 0.3) is 26.6 Å². The molecule has 1 aliphatic carbocycles. The van der Waals surface area contributed by atoms with E-state index in [1.807, 2.05) is 99.3 Å². The van der Waals surface area contributed by atoms with Gasteiger partial charge in [-0.25, -0.2) is 39.5 Å². The fourth-order valence-corrected chi connectivity index (χ4v) is 14.9. The smallest absolute Gasteiger partial charge is 0.200 e. The Morgan fingerprint density at radius 1 is 0.384 bits per heavy atom. The van der Waals surface area contributed by atoms with Gasteiger partial charge in [0.1, 0.15) is 57.9 Å². The number of fused-ring (bicyclic) bond motifs is 3. The van der Waals surface area contributed by atoms with Crippen molar-refractivity contribution in [3.63, 3.8) is 0 Å². The van der Waals surface area contributed by atoms with Gasteiger partial charge in [-0.2, -0.15) is 11.3 Å². The minimum atomic E-state index is -2.21. The summed E-state index contributed by atoms with van der Waals surface area (Å²) in [5, 5.41) is 33.6. The summed E-state index contributed by atoms with van der Waals surface area (Å²) in [4.78, 5) is 94.2. The molecule has 0 spiro atoms. The number of ketones is 8. The second kappa shape index (κ2) is 55.3. The Labute approximate surface area is 748 Å². The molecule has 10 aromatic rings. The fraction of sp³-hybridized carbons (Fsp3) is 0.351. The molecule has 8 atom stereocenters. The summed E-state index contributed by atoms with van der Waals surface area (Å²) in [7, 11) is 13.7. The predicted octanol–water partition coefficient (Wildman–Crippen LogP) is 17.1. The van der Waals surface area contributed by atoms with E-state index < -0.39 is 82.2 Å². The molecule has 0 saturated carbocycles. The van der Waals surface area contributed by atoms with Gasteiger partial charge >= 0.3 is 0 Å². The van der Waals surface area contributed by atoms with Gasteiger partial charge in [0.15, 0.2) is 34.9 Å². The Kier molecular flexibility index (Phi) is 47.7. The first kappa shape index (κ1) is 108. The Balaban J connectivity index is 0.000000300. The van der Waals surface area contributed by atoms with E-state index in [-0.39, 0.29) is 76.7 Å². The summed E-state index contributed by atoms with van der Waals surface area (Å²) in [6, 6.07) is 38.4. The SMILES string of the molecule is CN[C@@H](CC1=CCc2cc(Cl)ccc21)C(C)=O.CN[C@@H](Cc1c(F)c(F)c(F)c(F)c1F)C(C)=O.CN[C@@H](Cc1cc(F)cc(F)c1)C(C)=O.CN[C@@H](Cc1ccc(Cl)c(Cl)c1)C(C)=O.CN[C@@H](Cc1ccc(F)c(F)c1)C(C)=O.CN[C@@H](Cc1ccc2ccccc2n1)C(C)=O.CN[C@@H](Cc1ccsc1)C(C)=O.CN[C@@H](Cc1csc2ccccc12)C(C)=O. The van der Waals surface area contributed by atoms with Crippen LogP contribution < -0.4 is 42.5 Å². The Morgan fingerprint density at radius 2 is 0.824 bits per heavy atom. The van der Waals surface area contributed by atoms with Crippen molar-refractivity contribution >= 4 is 130 Å². The van der Waals surface area contributed by atoms with Gasteiger partial charge in [0.05, 0.1) is 63.9 Å². The van der Waals surface area contributed by atoms with E-state index in [4.69, 9.17) is 34.8 Å². The number of aromatic nitrogens is 1. The summed E-state index contributed by atoms with van der Waals surface area (Å²) >= 11 is 21.1. The third kappa shape index (κ3) is 35.8. The molecule has 1 aliphatic rings. The normalized spacial score (nSPS) is 13.0. The number of nitrogens with zero attached hydrogens (tertiary/aromatic N) is 1. The number of allylic oxidation sites excluding steroid dienone is 1. The molecule has 7 aromatic carbocycles. The molecule has 0 radical (unpaired) electrons. The number of rotatable bonds is 32. The van der Waals surface area contributed by atoms with Gasteiger partial charge in [-0.3, -0.25) is 43.3 Å². The first-order valence-electron chi connectivity index (χ1n) is 39.7. The lowest BCUT2D eigenvalue weighted by atomic mass is 9.98. The molecular formula is C94H109Cl3F9N9O8S2. The van der Waals surface area contributed by atoms with E-state index in [0.29, 0.717) is 46.9 Å². The van der Waals surface area contributed by atoms with Crippen molar-refractivity contribution in [3.8, 4) is 0 Å². The molecule has 674 valence electrons. The van der Waals surface area contributed by atoms with Crippen LogP contribution in [0.3, 0.4) is 0 Å².